The van der Waals surface area contributed by atoms with E-state index in [4.69, 9.17) is 9.31 Å². The van der Waals surface area contributed by atoms with Crippen LogP contribution in [-0.4, -0.2) is 35.2 Å². The first-order valence-electron chi connectivity index (χ1n) is 9.80. The molecule has 1 amide bonds. The lowest BCUT2D eigenvalue weighted by Crippen LogP contribution is -2.41. The number of unbranched alkanes of at least 4 members (excludes halogenated alkanes) is 1. The van der Waals surface area contributed by atoms with Crippen LogP contribution in [0.25, 0.3) is 0 Å². The molecule has 0 aromatic heterocycles. The molecule has 1 atom stereocenters. The minimum atomic E-state index is -0.369. The van der Waals surface area contributed by atoms with Gasteiger partial charge in [-0.05, 0) is 64.6 Å². The van der Waals surface area contributed by atoms with Gasteiger partial charge in [0.05, 0.1) is 11.2 Å². The fourth-order valence-corrected chi connectivity index (χ4v) is 6.18. The first kappa shape index (κ1) is 21.1. The maximum absolute atomic E-state index is 12.2. The second-order valence-corrected chi connectivity index (χ2v) is 11.1. The van der Waals surface area contributed by atoms with E-state index >= 15 is 0 Å². The van der Waals surface area contributed by atoms with E-state index in [0.717, 1.165) is 29.2 Å². The Morgan fingerprint density at radius 3 is 2.41 bits per heavy atom. The van der Waals surface area contributed by atoms with Crippen LogP contribution in [0.15, 0.2) is 24.3 Å². The smallest absolute Gasteiger partial charge is 0.399 e. The van der Waals surface area contributed by atoms with Gasteiger partial charge in [-0.2, -0.15) is 0 Å². The van der Waals surface area contributed by atoms with Crippen LogP contribution < -0.4 is 10.8 Å². The molecule has 0 saturated carbocycles. The number of nitrogens with one attached hydrogen (secondary N) is 1. The molecule has 0 aliphatic carbocycles. The molecular formula is C20H30BNO3S2. The Balaban J connectivity index is 1.43. The largest absolute Gasteiger partial charge is 0.494 e. The van der Waals surface area contributed by atoms with Gasteiger partial charge in [-0.25, -0.2) is 0 Å². The molecule has 2 heterocycles. The number of anilines is 1. The number of carbonyl (C=O) groups is 1. The Kier molecular flexibility index (Phi) is 6.88. The van der Waals surface area contributed by atoms with Crippen LogP contribution >= 0.6 is 21.6 Å². The highest BCUT2D eigenvalue weighted by Crippen LogP contribution is 2.40. The summed E-state index contributed by atoms with van der Waals surface area (Å²) in [6.07, 6.45) is 5.22. The van der Waals surface area contributed by atoms with Gasteiger partial charge in [-0.15, -0.1) is 0 Å². The number of carbonyl (C=O) groups excluding carboxylic acids is 1. The average molecular weight is 407 g/mol. The number of rotatable bonds is 7. The molecule has 1 aromatic rings. The minimum Gasteiger partial charge on any atom is -0.399 e. The Labute approximate surface area is 171 Å². The first-order chi connectivity index (χ1) is 12.8. The van der Waals surface area contributed by atoms with Gasteiger partial charge >= 0.3 is 7.12 Å². The van der Waals surface area contributed by atoms with Gasteiger partial charge in [0.25, 0.3) is 0 Å². The maximum atomic E-state index is 12.2. The molecule has 2 aliphatic rings. The van der Waals surface area contributed by atoms with Crippen molar-refractivity contribution in [3.8, 4) is 0 Å². The summed E-state index contributed by atoms with van der Waals surface area (Å²) < 4.78 is 12.1. The summed E-state index contributed by atoms with van der Waals surface area (Å²) in [5, 5.41) is 3.78. The minimum absolute atomic E-state index is 0.0897. The molecule has 2 saturated heterocycles. The molecule has 2 fully saturated rings. The van der Waals surface area contributed by atoms with Crippen molar-refractivity contribution in [3.05, 3.63) is 24.3 Å². The molecule has 0 radical (unpaired) electrons. The molecular weight excluding hydrogens is 377 g/mol. The summed E-state index contributed by atoms with van der Waals surface area (Å²) in [7, 11) is 3.62. The molecule has 0 bridgehead atoms. The lowest BCUT2D eigenvalue weighted by Gasteiger charge is -2.32. The van der Waals surface area contributed by atoms with Crippen molar-refractivity contribution in [1.82, 2.24) is 0 Å². The van der Waals surface area contributed by atoms with Crippen molar-refractivity contribution >= 4 is 45.8 Å². The van der Waals surface area contributed by atoms with E-state index in [-0.39, 0.29) is 24.2 Å². The highest BCUT2D eigenvalue weighted by atomic mass is 33.1. The Morgan fingerprint density at radius 1 is 1.15 bits per heavy atom. The van der Waals surface area contributed by atoms with Gasteiger partial charge in [0.2, 0.25) is 5.91 Å². The van der Waals surface area contributed by atoms with E-state index in [1.54, 1.807) is 0 Å². The summed E-state index contributed by atoms with van der Waals surface area (Å²) in [5.74, 6) is 1.37. The normalized spacial score (nSPS) is 23.6. The third-order valence-corrected chi connectivity index (χ3v) is 8.63. The van der Waals surface area contributed by atoms with Crippen molar-refractivity contribution in [1.29, 1.82) is 0 Å². The van der Waals surface area contributed by atoms with E-state index in [2.05, 4.69) is 5.32 Å². The summed E-state index contributed by atoms with van der Waals surface area (Å²) in [5.41, 5.74) is 1.10. The van der Waals surface area contributed by atoms with Crippen LogP contribution in [0.4, 0.5) is 5.69 Å². The third-order valence-electron chi connectivity index (χ3n) is 5.63. The second-order valence-electron chi connectivity index (χ2n) is 8.33. The van der Waals surface area contributed by atoms with Crippen LogP contribution in [0.3, 0.4) is 0 Å². The molecule has 0 spiro atoms. The van der Waals surface area contributed by atoms with Crippen molar-refractivity contribution < 1.29 is 14.1 Å². The molecule has 3 rings (SSSR count). The fraction of sp³-hybridized carbons (Fsp3) is 0.650. The van der Waals surface area contributed by atoms with Crippen LogP contribution in [0, 0.1) is 0 Å². The van der Waals surface area contributed by atoms with Crippen LogP contribution in [-0.2, 0) is 14.1 Å². The molecule has 1 unspecified atom stereocenters. The number of benzene rings is 1. The second kappa shape index (κ2) is 8.81. The van der Waals surface area contributed by atoms with E-state index < -0.39 is 0 Å². The summed E-state index contributed by atoms with van der Waals surface area (Å²) in [4.78, 5) is 12.2. The Hall–Kier alpha value is -0.625. The predicted octanol–water partition coefficient (Wildman–Crippen LogP) is 4.64. The standard InChI is InChI=1S/C20H30BNO3S2/c1-19(2)20(3,4)25-21(24-19)15-9-11-16(12-10-15)22-18(23)8-6-5-7-17-13-14-26-27-17/h9-12,17H,5-8,13-14H2,1-4H3,(H,22,23). The Bertz CT molecular complexity index is 629. The number of hydrogen-bond acceptors (Lipinski definition) is 5. The van der Waals surface area contributed by atoms with Crippen LogP contribution in [0.1, 0.15) is 59.8 Å². The lowest BCUT2D eigenvalue weighted by molar-refractivity contribution is -0.116. The molecule has 2 aliphatic heterocycles. The molecule has 4 nitrogen and oxygen atoms in total. The first-order valence-corrected chi connectivity index (χ1v) is 12.2. The van der Waals surface area contributed by atoms with E-state index in [9.17, 15) is 4.79 Å². The van der Waals surface area contributed by atoms with Crippen molar-refractivity contribution in [2.24, 2.45) is 0 Å². The van der Waals surface area contributed by atoms with Crippen LogP contribution in [0.5, 0.6) is 0 Å². The van der Waals surface area contributed by atoms with Gasteiger partial charge in [0.1, 0.15) is 0 Å². The summed E-state index contributed by atoms with van der Waals surface area (Å²) in [6.45, 7) is 8.19. The maximum Gasteiger partial charge on any atom is 0.494 e. The van der Waals surface area contributed by atoms with E-state index in [1.807, 2.05) is 73.5 Å². The zero-order valence-electron chi connectivity index (χ0n) is 16.7. The van der Waals surface area contributed by atoms with Gasteiger partial charge in [-0.3, -0.25) is 4.79 Å². The average Bonchev–Trinajstić information content (AvgIpc) is 3.18. The topological polar surface area (TPSA) is 47.6 Å². The zero-order chi connectivity index (χ0) is 19.5. The van der Waals surface area contributed by atoms with Crippen molar-refractivity contribution in [2.45, 2.75) is 76.3 Å². The molecule has 148 valence electrons. The highest BCUT2D eigenvalue weighted by Gasteiger charge is 2.51. The summed E-state index contributed by atoms with van der Waals surface area (Å²) >= 11 is 0. The quantitative estimate of drug-likeness (QED) is 0.405. The zero-order valence-corrected chi connectivity index (χ0v) is 18.4. The molecule has 1 N–H and O–H groups in total. The number of amides is 1. The van der Waals surface area contributed by atoms with E-state index in [1.165, 1.54) is 18.6 Å². The number of hydrogen-bond donors (Lipinski definition) is 1. The predicted molar refractivity (Wildman–Crippen MR) is 118 cm³/mol. The van der Waals surface area contributed by atoms with Gasteiger partial charge < -0.3 is 14.6 Å². The molecule has 7 heteroatoms. The van der Waals surface area contributed by atoms with Crippen molar-refractivity contribution in [3.63, 3.8) is 0 Å². The monoisotopic (exact) mass is 407 g/mol. The van der Waals surface area contributed by atoms with Gasteiger partial charge in [-0.1, -0.05) is 40.1 Å². The highest BCUT2D eigenvalue weighted by molar-refractivity contribution is 8.77. The third kappa shape index (κ3) is 5.46. The lowest BCUT2D eigenvalue weighted by atomic mass is 9.79. The molecule has 27 heavy (non-hydrogen) atoms. The fourth-order valence-electron chi connectivity index (χ4n) is 3.15. The van der Waals surface area contributed by atoms with Crippen LogP contribution in [0.2, 0.25) is 0 Å². The van der Waals surface area contributed by atoms with Gasteiger partial charge in [0, 0.05) is 23.1 Å². The SMILES string of the molecule is CC1(C)OB(c2ccc(NC(=O)CCCCC3CCSS3)cc2)OC1(C)C. The Morgan fingerprint density at radius 2 is 1.81 bits per heavy atom. The molecule has 1 aromatic carbocycles. The summed E-state index contributed by atoms with van der Waals surface area (Å²) in [6, 6.07) is 7.77. The van der Waals surface area contributed by atoms with Gasteiger partial charge in [0.15, 0.2) is 0 Å². The van der Waals surface area contributed by atoms with E-state index in [0.29, 0.717) is 6.42 Å². The van der Waals surface area contributed by atoms with Crippen molar-refractivity contribution in [2.75, 3.05) is 11.1 Å².